The molecule has 0 fully saturated rings. The molecule has 3 aromatic rings. The second-order valence-corrected chi connectivity index (χ2v) is 5.98. The Morgan fingerprint density at radius 1 is 1.04 bits per heavy atom. The minimum atomic E-state index is -1.07. The molecule has 144 valence electrons. The largest absolute Gasteiger partial charge is 0.352 e. The van der Waals surface area contributed by atoms with Crippen molar-refractivity contribution < 1.29 is 18.0 Å². The molecular weight excluding hydrogens is 373 g/mol. The molecule has 1 aromatic heterocycles. The maximum absolute atomic E-state index is 13.3. The van der Waals surface area contributed by atoms with Gasteiger partial charge in [-0.05, 0) is 35.9 Å². The summed E-state index contributed by atoms with van der Waals surface area (Å²) in [6.45, 7) is 0.160. The van der Waals surface area contributed by atoms with Gasteiger partial charge in [-0.1, -0.05) is 12.1 Å². The van der Waals surface area contributed by atoms with Crippen molar-refractivity contribution in [2.24, 2.45) is 0 Å². The third-order valence-corrected chi connectivity index (χ3v) is 3.93. The lowest BCUT2D eigenvalue weighted by atomic mass is 10.2. The number of amides is 1. The van der Waals surface area contributed by atoms with Gasteiger partial charge >= 0.3 is 0 Å². The summed E-state index contributed by atoms with van der Waals surface area (Å²) >= 11 is 0. The second-order valence-electron chi connectivity index (χ2n) is 5.98. The lowest BCUT2D eigenvalue weighted by Gasteiger charge is -2.06. The number of aromatic amines is 1. The topological polar surface area (TPSA) is 87.7 Å². The van der Waals surface area contributed by atoms with Gasteiger partial charge < -0.3 is 10.3 Å². The Morgan fingerprint density at radius 2 is 1.86 bits per heavy atom. The van der Waals surface area contributed by atoms with E-state index in [-0.39, 0.29) is 42.4 Å². The molecule has 2 aromatic carbocycles. The first-order valence-electron chi connectivity index (χ1n) is 8.35. The predicted octanol–water partition coefficient (Wildman–Crippen LogP) is 2.50. The summed E-state index contributed by atoms with van der Waals surface area (Å²) in [5.41, 5.74) is 0.240. The fourth-order valence-electron chi connectivity index (χ4n) is 2.47. The number of aryl methyl sites for hydroxylation is 1. The maximum Gasteiger partial charge on any atom is 0.273 e. The number of hydrogen-bond acceptors (Lipinski definition) is 4. The van der Waals surface area contributed by atoms with Gasteiger partial charge in [-0.2, -0.15) is 0 Å². The normalized spacial score (nSPS) is 10.7. The SMILES string of the molecule is O=C(CCc1nnc(-c2ccc(F)c(F)c2)[nH]c1=O)NCc1cccc(F)c1. The molecule has 2 N–H and O–H groups in total. The van der Waals surface area contributed by atoms with Crippen molar-refractivity contribution in [3.8, 4) is 11.4 Å². The Balaban J connectivity index is 1.59. The third-order valence-electron chi connectivity index (χ3n) is 3.93. The van der Waals surface area contributed by atoms with E-state index in [0.29, 0.717) is 5.56 Å². The minimum absolute atomic E-state index is 0.0109. The van der Waals surface area contributed by atoms with Crippen LogP contribution in [0.3, 0.4) is 0 Å². The molecule has 3 rings (SSSR count). The van der Waals surface area contributed by atoms with Crippen LogP contribution in [0.4, 0.5) is 13.2 Å². The Labute approximate surface area is 157 Å². The number of benzene rings is 2. The van der Waals surface area contributed by atoms with Gasteiger partial charge in [0.2, 0.25) is 5.91 Å². The first kappa shape index (κ1) is 19.3. The number of carbonyl (C=O) groups excluding carboxylic acids is 1. The molecule has 1 heterocycles. The van der Waals surface area contributed by atoms with Gasteiger partial charge in [-0.25, -0.2) is 13.2 Å². The van der Waals surface area contributed by atoms with Crippen LogP contribution in [0.5, 0.6) is 0 Å². The maximum atomic E-state index is 13.3. The molecule has 0 aliphatic heterocycles. The van der Waals surface area contributed by atoms with Crippen molar-refractivity contribution >= 4 is 5.91 Å². The average molecular weight is 388 g/mol. The monoisotopic (exact) mass is 388 g/mol. The van der Waals surface area contributed by atoms with Crippen LogP contribution in [0.25, 0.3) is 11.4 Å². The van der Waals surface area contributed by atoms with Crippen LogP contribution < -0.4 is 10.9 Å². The zero-order valence-corrected chi connectivity index (χ0v) is 14.5. The summed E-state index contributed by atoms with van der Waals surface area (Å²) in [6.07, 6.45) is 0.0208. The van der Waals surface area contributed by atoms with Crippen LogP contribution in [-0.2, 0) is 17.8 Å². The van der Waals surface area contributed by atoms with Crippen LogP contribution in [0.15, 0.2) is 47.3 Å². The van der Waals surface area contributed by atoms with Gasteiger partial charge in [0.15, 0.2) is 17.5 Å². The van der Waals surface area contributed by atoms with Crippen LogP contribution >= 0.6 is 0 Å². The van der Waals surface area contributed by atoms with E-state index >= 15 is 0 Å². The van der Waals surface area contributed by atoms with Crippen molar-refractivity contribution in [3.05, 3.63) is 81.5 Å². The first-order chi connectivity index (χ1) is 13.4. The van der Waals surface area contributed by atoms with Crippen LogP contribution in [0, 0.1) is 17.5 Å². The molecule has 0 unspecified atom stereocenters. The molecule has 0 aliphatic carbocycles. The van der Waals surface area contributed by atoms with E-state index in [2.05, 4.69) is 20.5 Å². The van der Waals surface area contributed by atoms with Crippen molar-refractivity contribution in [3.63, 3.8) is 0 Å². The molecule has 6 nitrogen and oxygen atoms in total. The van der Waals surface area contributed by atoms with E-state index in [0.717, 1.165) is 12.1 Å². The summed E-state index contributed by atoms with van der Waals surface area (Å²) in [4.78, 5) is 26.4. The third kappa shape index (κ3) is 4.81. The summed E-state index contributed by atoms with van der Waals surface area (Å²) in [5.74, 6) is -2.83. The lowest BCUT2D eigenvalue weighted by molar-refractivity contribution is -0.121. The Bertz CT molecular complexity index is 1070. The van der Waals surface area contributed by atoms with E-state index < -0.39 is 23.0 Å². The Morgan fingerprint density at radius 3 is 2.57 bits per heavy atom. The molecule has 0 saturated heterocycles. The highest BCUT2D eigenvalue weighted by Gasteiger charge is 2.11. The molecule has 0 aliphatic rings. The summed E-state index contributed by atoms with van der Waals surface area (Å²) in [5, 5.41) is 10.2. The van der Waals surface area contributed by atoms with E-state index in [4.69, 9.17) is 0 Å². The standard InChI is InChI=1S/C19H15F3N4O2/c20-13-3-1-2-11(8-13)10-23-17(27)7-6-16-19(28)24-18(26-25-16)12-4-5-14(21)15(22)9-12/h1-5,8-9H,6-7,10H2,(H,23,27)(H,24,26,28). The first-order valence-corrected chi connectivity index (χ1v) is 8.35. The van der Waals surface area contributed by atoms with E-state index in [1.165, 1.54) is 18.2 Å². The van der Waals surface area contributed by atoms with Crippen molar-refractivity contribution in [1.82, 2.24) is 20.5 Å². The van der Waals surface area contributed by atoms with Crippen molar-refractivity contribution in [1.29, 1.82) is 0 Å². The summed E-state index contributed by atoms with van der Waals surface area (Å²) in [7, 11) is 0. The highest BCUT2D eigenvalue weighted by atomic mass is 19.2. The molecule has 0 atom stereocenters. The number of halogens is 3. The molecule has 9 heteroatoms. The molecule has 0 spiro atoms. The fourth-order valence-corrected chi connectivity index (χ4v) is 2.47. The zero-order valence-electron chi connectivity index (χ0n) is 14.5. The van der Waals surface area contributed by atoms with Crippen molar-refractivity contribution in [2.45, 2.75) is 19.4 Å². The quantitative estimate of drug-likeness (QED) is 0.679. The van der Waals surface area contributed by atoms with Gasteiger partial charge in [0.05, 0.1) is 0 Å². The average Bonchev–Trinajstić information content (AvgIpc) is 2.67. The van der Waals surface area contributed by atoms with Gasteiger partial charge in [-0.3, -0.25) is 9.59 Å². The van der Waals surface area contributed by atoms with Crippen LogP contribution in [0.1, 0.15) is 17.7 Å². The number of H-pyrrole nitrogens is 1. The van der Waals surface area contributed by atoms with Gasteiger partial charge in [0.1, 0.15) is 11.5 Å². The van der Waals surface area contributed by atoms with E-state index in [1.54, 1.807) is 12.1 Å². The number of hydrogen-bond donors (Lipinski definition) is 2. The zero-order chi connectivity index (χ0) is 20.1. The number of nitrogens with zero attached hydrogens (tertiary/aromatic N) is 2. The minimum Gasteiger partial charge on any atom is -0.352 e. The Kier molecular flexibility index (Phi) is 5.83. The smallest absolute Gasteiger partial charge is 0.273 e. The highest BCUT2D eigenvalue weighted by molar-refractivity contribution is 5.76. The molecule has 28 heavy (non-hydrogen) atoms. The number of carbonyl (C=O) groups is 1. The molecule has 0 saturated carbocycles. The number of nitrogens with one attached hydrogen (secondary N) is 2. The van der Waals surface area contributed by atoms with Gasteiger partial charge in [0, 0.05) is 24.9 Å². The van der Waals surface area contributed by atoms with Crippen LogP contribution in [0.2, 0.25) is 0 Å². The number of aromatic nitrogens is 3. The lowest BCUT2D eigenvalue weighted by Crippen LogP contribution is -2.25. The van der Waals surface area contributed by atoms with Crippen LogP contribution in [-0.4, -0.2) is 21.1 Å². The van der Waals surface area contributed by atoms with Gasteiger partial charge in [-0.15, -0.1) is 10.2 Å². The molecule has 1 amide bonds. The Hall–Kier alpha value is -3.49. The highest BCUT2D eigenvalue weighted by Crippen LogP contribution is 2.16. The van der Waals surface area contributed by atoms with E-state index in [1.807, 2.05) is 0 Å². The van der Waals surface area contributed by atoms with Crippen molar-refractivity contribution in [2.75, 3.05) is 0 Å². The summed E-state index contributed by atoms with van der Waals surface area (Å²) < 4.78 is 39.4. The molecule has 0 radical (unpaired) electrons. The fraction of sp³-hybridized carbons (Fsp3) is 0.158. The predicted molar refractivity (Wildman–Crippen MR) is 94.6 cm³/mol. The molecular formula is C19H15F3N4O2. The van der Waals surface area contributed by atoms with E-state index in [9.17, 15) is 22.8 Å². The molecule has 0 bridgehead atoms. The number of rotatable bonds is 6. The van der Waals surface area contributed by atoms with Gasteiger partial charge in [0.25, 0.3) is 5.56 Å². The second kappa shape index (κ2) is 8.47. The summed E-state index contributed by atoms with van der Waals surface area (Å²) in [6, 6.07) is 8.92.